The second kappa shape index (κ2) is 5.03. The van der Waals surface area contributed by atoms with Gasteiger partial charge < -0.3 is 10.8 Å². The van der Waals surface area contributed by atoms with Gasteiger partial charge in [-0.15, -0.1) is 9.60 Å². The minimum absolute atomic E-state index is 0.192. The van der Waals surface area contributed by atoms with Crippen LogP contribution in [0.25, 0.3) is 0 Å². The van der Waals surface area contributed by atoms with Crippen LogP contribution in [-0.2, 0) is 4.79 Å². The van der Waals surface area contributed by atoms with Gasteiger partial charge in [0.2, 0.25) is 0 Å². The molecule has 0 radical (unpaired) electrons. The smallest absolute Gasteiger partial charge is 0.323 e. The Morgan fingerprint density at radius 2 is 2.36 bits per heavy atom. The van der Waals surface area contributed by atoms with Gasteiger partial charge in [0.05, 0.1) is 0 Å². The molecule has 0 saturated carbocycles. The lowest BCUT2D eigenvalue weighted by Crippen LogP contribution is -2.33. The van der Waals surface area contributed by atoms with Crippen LogP contribution in [-0.4, -0.2) is 35.8 Å². The van der Waals surface area contributed by atoms with Crippen molar-refractivity contribution in [2.45, 2.75) is 18.9 Å². The molecule has 0 bridgehead atoms. The molecular formula is C6H13FN2O2. The summed E-state index contributed by atoms with van der Waals surface area (Å²) in [5.41, 5.74) is 5.14. The molecule has 0 aliphatic rings. The highest BCUT2D eigenvalue weighted by atomic mass is 19.2. The highest BCUT2D eigenvalue weighted by Gasteiger charge is 2.21. The first kappa shape index (κ1) is 10.3. The number of nitrogens with two attached hydrogens (primary N) is 1. The molecule has 0 spiro atoms. The fraction of sp³-hybridized carbons (Fsp3) is 0.833. The number of hydrogen-bond donors (Lipinski definition) is 2. The number of carbonyl (C=O) groups is 1. The predicted octanol–water partition coefficient (Wildman–Crippen LogP) is -0.00520. The van der Waals surface area contributed by atoms with Gasteiger partial charge in [0, 0.05) is 7.05 Å². The first-order valence-electron chi connectivity index (χ1n) is 3.41. The van der Waals surface area contributed by atoms with Crippen LogP contribution in [0.3, 0.4) is 0 Å². The lowest BCUT2D eigenvalue weighted by molar-refractivity contribution is -0.149. The third kappa shape index (κ3) is 3.90. The molecule has 0 amide bonds. The number of carboxylic acids is 1. The van der Waals surface area contributed by atoms with Gasteiger partial charge in [0.15, 0.2) is 0 Å². The molecule has 0 unspecified atom stereocenters. The maximum absolute atomic E-state index is 12.4. The van der Waals surface area contributed by atoms with Crippen molar-refractivity contribution in [1.29, 1.82) is 0 Å². The number of likely N-dealkylation sites (N-methyl/N-ethyl adjacent to an activating group) is 1. The molecule has 0 aromatic heterocycles. The Bertz CT molecular complexity index is 130. The normalized spacial score (nSPS) is 13.5. The molecule has 0 fully saturated rings. The molecule has 1 atom stereocenters. The van der Waals surface area contributed by atoms with Crippen LogP contribution in [0.4, 0.5) is 4.48 Å². The Hall–Kier alpha value is -0.680. The Morgan fingerprint density at radius 3 is 2.64 bits per heavy atom. The fourth-order valence-corrected chi connectivity index (χ4v) is 0.765. The van der Waals surface area contributed by atoms with E-state index in [-0.39, 0.29) is 11.5 Å². The van der Waals surface area contributed by atoms with Crippen molar-refractivity contribution in [3.63, 3.8) is 0 Å². The molecule has 0 saturated heterocycles. The summed E-state index contributed by atoms with van der Waals surface area (Å²) in [5.74, 6) is -1.15. The lowest BCUT2D eigenvalue weighted by Gasteiger charge is -2.14. The first-order chi connectivity index (χ1) is 5.09. The lowest BCUT2D eigenvalue weighted by atomic mass is 10.1. The maximum atomic E-state index is 12.4. The van der Waals surface area contributed by atoms with Crippen LogP contribution >= 0.6 is 0 Å². The average molecular weight is 164 g/mol. The predicted molar refractivity (Wildman–Crippen MR) is 38.6 cm³/mol. The minimum Gasteiger partial charge on any atom is -0.480 e. The van der Waals surface area contributed by atoms with Gasteiger partial charge in [0.25, 0.3) is 0 Å². The minimum atomic E-state index is -1.15. The van der Waals surface area contributed by atoms with E-state index < -0.39 is 12.0 Å². The van der Waals surface area contributed by atoms with E-state index in [1.54, 1.807) is 0 Å². The van der Waals surface area contributed by atoms with Crippen molar-refractivity contribution in [3.8, 4) is 0 Å². The van der Waals surface area contributed by atoms with Gasteiger partial charge >= 0.3 is 5.97 Å². The van der Waals surface area contributed by atoms with Gasteiger partial charge in [-0.2, -0.15) is 0 Å². The second-order valence-electron chi connectivity index (χ2n) is 2.31. The summed E-state index contributed by atoms with van der Waals surface area (Å²) in [7, 11) is 1.09. The molecule has 0 aromatic rings. The Labute approximate surface area is 64.7 Å². The Morgan fingerprint density at radius 1 is 1.82 bits per heavy atom. The first-order valence-corrected chi connectivity index (χ1v) is 3.41. The summed E-state index contributed by atoms with van der Waals surface area (Å²) in [5, 5.41) is 8.64. The highest BCUT2D eigenvalue weighted by Crippen LogP contribution is 2.04. The number of aliphatic carboxylic acids is 1. The van der Waals surface area contributed by atoms with E-state index in [1.807, 2.05) is 0 Å². The molecule has 0 aliphatic carbocycles. The van der Waals surface area contributed by atoms with Crippen LogP contribution < -0.4 is 5.73 Å². The number of carboxylic acid groups (broad SMARTS) is 1. The topological polar surface area (TPSA) is 66.6 Å². The highest BCUT2D eigenvalue weighted by molar-refractivity contribution is 5.73. The number of hydrogen-bond acceptors (Lipinski definition) is 3. The zero-order valence-electron chi connectivity index (χ0n) is 6.46. The van der Waals surface area contributed by atoms with Gasteiger partial charge in [0.1, 0.15) is 6.04 Å². The molecule has 0 rings (SSSR count). The van der Waals surface area contributed by atoms with E-state index in [1.165, 1.54) is 0 Å². The third-order valence-electron chi connectivity index (χ3n) is 1.40. The van der Waals surface area contributed by atoms with Crippen molar-refractivity contribution < 1.29 is 14.4 Å². The fourth-order valence-electron chi connectivity index (χ4n) is 0.765. The van der Waals surface area contributed by atoms with Gasteiger partial charge in [-0.25, -0.2) is 0 Å². The summed E-state index contributed by atoms with van der Waals surface area (Å²) < 4.78 is 12.4. The van der Waals surface area contributed by atoms with E-state index >= 15 is 0 Å². The Kier molecular flexibility index (Phi) is 4.72. The SMILES string of the molecule is CN(F)[C@@H](CCCN)C(=O)O. The summed E-state index contributed by atoms with van der Waals surface area (Å²) >= 11 is 0. The standard InChI is InChI=1S/C6H13FN2O2/c1-9(7)5(6(10)11)3-2-4-8/h5H,2-4,8H2,1H3,(H,10,11)/t5-/m0/s1. The monoisotopic (exact) mass is 164 g/mol. The van der Waals surface area contributed by atoms with Crippen LogP contribution in [0.5, 0.6) is 0 Å². The zero-order chi connectivity index (χ0) is 8.85. The largest absolute Gasteiger partial charge is 0.480 e. The number of halogens is 1. The van der Waals surface area contributed by atoms with Crippen molar-refractivity contribution in [2.75, 3.05) is 13.6 Å². The average Bonchev–Trinajstić information content (AvgIpc) is 1.87. The van der Waals surface area contributed by atoms with Gasteiger partial charge in [-0.1, -0.05) is 0 Å². The van der Waals surface area contributed by atoms with E-state index in [0.717, 1.165) is 7.05 Å². The summed E-state index contributed by atoms with van der Waals surface area (Å²) in [6.45, 7) is 0.387. The number of nitrogens with zero attached hydrogens (tertiary/aromatic N) is 1. The van der Waals surface area contributed by atoms with Crippen molar-refractivity contribution >= 4 is 5.97 Å². The molecule has 0 heterocycles. The Balaban J connectivity index is 3.80. The molecular weight excluding hydrogens is 151 g/mol. The molecule has 66 valence electrons. The molecule has 11 heavy (non-hydrogen) atoms. The van der Waals surface area contributed by atoms with Crippen molar-refractivity contribution in [3.05, 3.63) is 0 Å². The van der Waals surface area contributed by atoms with Crippen molar-refractivity contribution in [1.82, 2.24) is 5.12 Å². The molecule has 3 N–H and O–H groups in total. The summed E-state index contributed by atoms with van der Waals surface area (Å²) in [6.07, 6.45) is 0.768. The van der Waals surface area contributed by atoms with E-state index in [2.05, 4.69) is 0 Å². The van der Waals surface area contributed by atoms with Crippen molar-refractivity contribution in [2.24, 2.45) is 5.73 Å². The number of rotatable bonds is 5. The molecule has 4 nitrogen and oxygen atoms in total. The van der Waals surface area contributed by atoms with Gasteiger partial charge in [-0.3, -0.25) is 4.79 Å². The van der Waals surface area contributed by atoms with Crippen LogP contribution in [0.2, 0.25) is 0 Å². The van der Waals surface area contributed by atoms with Gasteiger partial charge in [-0.05, 0) is 19.4 Å². The quantitative estimate of drug-likeness (QED) is 0.561. The van der Waals surface area contributed by atoms with E-state index in [4.69, 9.17) is 10.8 Å². The van der Waals surface area contributed by atoms with Crippen LogP contribution in [0.1, 0.15) is 12.8 Å². The third-order valence-corrected chi connectivity index (χ3v) is 1.40. The summed E-state index contributed by atoms with van der Waals surface area (Å²) in [4.78, 5) is 10.3. The molecule has 0 aliphatic heterocycles. The maximum Gasteiger partial charge on any atom is 0.323 e. The molecule has 5 heteroatoms. The summed E-state index contributed by atoms with van der Waals surface area (Å²) in [6, 6.07) is -1.06. The zero-order valence-corrected chi connectivity index (χ0v) is 6.46. The van der Waals surface area contributed by atoms with Crippen LogP contribution in [0.15, 0.2) is 0 Å². The molecule has 0 aromatic carbocycles. The van der Waals surface area contributed by atoms with Crippen LogP contribution in [0, 0.1) is 0 Å². The van der Waals surface area contributed by atoms with E-state index in [9.17, 15) is 9.28 Å². The second-order valence-corrected chi connectivity index (χ2v) is 2.31. The van der Waals surface area contributed by atoms with E-state index in [0.29, 0.717) is 13.0 Å².